The molecule has 0 aromatic rings. The maximum absolute atomic E-state index is 12.6. The molecular formula is C14H23N3O4. The molecule has 2 fully saturated rings. The van der Waals surface area contributed by atoms with Crippen LogP contribution < -0.4 is 5.73 Å². The average Bonchev–Trinajstić information content (AvgIpc) is 3.05. The molecule has 0 aromatic heterocycles. The van der Waals surface area contributed by atoms with E-state index >= 15 is 0 Å². The van der Waals surface area contributed by atoms with E-state index in [1.165, 1.54) is 4.90 Å². The summed E-state index contributed by atoms with van der Waals surface area (Å²) in [5.74, 6) is -1.42. The maximum Gasteiger partial charge on any atom is 0.323 e. The van der Waals surface area contributed by atoms with Gasteiger partial charge in [-0.2, -0.15) is 0 Å². The Morgan fingerprint density at radius 1 is 1.33 bits per heavy atom. The first-order valence-electron chi connectivity index (χ1n) is 7.41. The van der Waals surface area contributed by atoms with Gasteiger partial charge in [-0.3, -0.25) is 9.59 Å². The smallest absolute Gasteiger partial charge is 0.323 e. The second kappa shape index (κ2) is 5.91. The fourth-order valence-corrected chi connectivity index (χ4v) is 3.22. The van der Waals surface area contributed by atoms with Gasteiger partial charge in [0.05, 0.1) is 5.41 Å². The molecule has 1 saturated carbocycles. The molecule has 0 aromatic carbocycles. The van der Waals surface area contributed by atoms with E-state index in [-0.39, 0.29) is 25.2 Å². The van der Waals surface area contributed by atoms with Crippen molar-refractivity contribution in [2.45, 2.75) is 45.1 Å². The first-order chi connectivity index (χ1) is 9.83. The van der Waals surface area contributed by atoms with Gasteiger partial charge in [0, 0.05) is 19.1 Å². The molecule has 21 heavy (non-hydrogen) atoms. The summed E-state index contributed by atoms with van der Waals surface area (Å²) in [5.41, 5.74) is 4.68. The Morgan fingerprint density at radius 2 is 1.95 bits per heavy atom. The van der Waals surface area contributed by atoms with Crippen molar-refractivity contribution in [3.8, 4) is 0 Å². The number of nitrogens with two attached hydrogens (primary N) is 1. The standard InChI is InChI=1S/C14H23N3O4/c1-14(12(15)20)6-7-16(9-14)13(21)17(8-11(18)19)10-4-2-3-5-10/h10H,2-9H2,1H3,(H2,15,20)(H,18,19). The minimum Gasteiger partial charge on any atom is -0.480 e. The normalized spacial score (nSPS) is 26.0. The van der Waals surface area contributed by atoms with Gasteiger partial charge in [-0.1, -0.05) is 12.8 Å². The number of carbonyl (C=O) groups is 3. The van der Waals surface area contributed by atoms with E-state index in [1.54, 1.807) is 11.8 Å². The number of hydrogen-bond acceptors (Lipinski definition) is 3. The molecule has 1 unspecified atom stereocenters. The predicted molar refractivity (Wildman–Crippen MR) is 75.5 cm³/mol. The summed E-state index contributed by atoms with van der Waals surface area (Å²) < 4.78 is 0. The van der Waals surface area contributed by atoms with Gasteiger partial charge >= 0.3 is 12.0 Å². The molecule has 0 spiro atoms. The van der Waals surface area contributed by atoms with Crippen LogP contribution in [0.25, 0.3) is 0 Å². The number of amides is 3. The van der Waals surface area contributed by atoms with Crippen molar-refractivity contribution in [2.24, 2.45) is 11.1 Å². The number of primary amides is 1. The van der Waals surface area contributed by atoms with Crippen LogP contribution in [0, 0.1) is 5.41 Å². The Hall–Kier alpha value is -1.79. The maximum atomic E-state index is 12.6. The van der Waals surface area contributed by atoms with Crippen LogP contribution in [0.15, 0.2) is 0 Å². The van der Waals surface area contributed by atoms with Crippen LogP contribution in [0.1, 0.15) is 39.0 Å². The average molecular weight is 297 g/mol. The van der Waals surface area contributed by atoms with Crippen LogP contribution >= 0.6 is 0 Å². The molecule has 118 valence electrons. The Labute approximate surface area is 124 Å². The second-order valence-electron chi connectivity index (χ2n) is 6.34. The van der Waals surface area contributed by atoms with Crippen molar-refractivity contribution < 1.29 is 19.5 Å². The van der Waals surface area contributed by atoms with Gasteiger partial charge in [-0.15, -0.1) is 0 Å². The van der Waals surface area contributed by atoms with Crippen molar-refractivity contribution in [1.29, 1.82) is 0 Å². The third-order valence-electron chi connectivity index (χ3n) is 4.66. The number of carbonyl (C=O) groups excluding carboxylic acids is 2. The Morgan fingerprint density at radius 3 is 2.43 bits per heavy atom. The second-order valence-corrected chi connectivity index (χ2v) is 6.34. The molecule has 7 nitrogen and oxygen atoms in total. The van der Waals surface area contributed by atoms with E-state index < -0.39 is 17.3 Å². The number of likely N-dealkylation sites (tertiary alicyclic amines) is 1. The van der Waals surface area contributed by atoms with E-state index in [9.17, 15) is 14.4 Å². The first-order valence-corrected chi connectivity index (χ1v) is 7.41. The van der Waals surface area contributed by atoms with Gasteiger partial charge < -0.3 is 20.6 Å². The summed E-state index contributed by atoms with van der Waals surface area (Å²) >= 11 is 0. The fourth-order valence-electron chi connectivity index (χ4n) is 3.22. The summed E-state index contributed by atoms with van der Waals surface area (Å²) in [5, 5.41) is 9.04. The molecule has 7 heteroatoms. The molecule has 1 aliphatic carbocycles. The van der Waals surface area contributed by atoms with Crippen LogP contribution in [-0.2, 0) is 9.59 Å². The highest BCUT2D eigenvalue weighted by Gasteiger charge is 2.43. The highest BCUT2D eigenvalue weighted by Crippen LogP contribution is 2.31. The Balaban J connectivity index is 2.08. The van der Waals surface area contributed by atoms with Crippen molar-refractivity contribution in [2.75, 3.05) is 19.6 Å². The Bertz CT molecular complexity index is 448. The quantitative estimate of drug-likeness (QED) is 0.794. The third-order valence-corrected chi connectivity index (χ3v) is 4.66. The van der Waals surface area contributed by atoms with E-state index in [4.69, 9.17) is 10.8 Å². The monoisotopic (exact) mass is 297 g/mol. The molecule has 0 bridgehead atoms. The van der Waals surface area contributed by atoms with Crippen LogP contribution in [0.2, 0.25) is 0 Å². The topological polar surface area (TPSA) is 104 Å². The number of aliphatic carboxylic acids is 1. The minimum atomic E-state index is -1.01. The Kier molecular flexibility index (Phi) is 4.39. The molecule has 1 aliphatic heterocycles. The lowest BCUT2D eigenvalue weighted by Crippen LogP contribution is -2.49. The lowest BCUT2D eigenvalue weighted by molar-refractivity contribution is -0.138. The summed E-state index contributed by atoms with van der Waals surface area (Å²) in [6.07, 6.45) is 4.26. The number of carboxylic acid groups (broad SMARTS) is 1. The van der Waals surface area contributed by atoms with E-state index in [1.807, 2.05) is 0 Å². The summed E-state index contributed by atoms with van der Waals surface area (Å²) in [6, 6.07) is -0.289. The van der Waals surface area contributed by atoms with E-state index in [0.717, 1.165) is 25.7 Å². The van der Waals surface area contributed by atoms with Gasteiger partial charge in [0.25, 0.3) is 0 Å². The molecule has 1 atom stereocenters. The molecule has 1 heterocycles. The van der Waals surface area contributed by atoms with Gasteiger partial charge in [0.1, 0.15) is 6.54 Å². The first kappa shape index (κ1) is 15.6. The fraction of sp³-hybridized carbons (Fsp3) is 0.786. The number of carboxylic acids is 1. The van der Waals surface area contributed by atoms with Gasteiger partial charge in [0.2, 0.25) is 5.91 Å². The van der Waals surface area contributed by atoms with Crippen LogP contribution in [-0.4, -0.2) is 58.5 Å². The number of rotatable bonds is 4. The van der Waals surface area contributed by atoms with Gasteiger partial charge in [0.15, 0.2) is 0 Å². The summed E-state index contributed by atoms with van der Waals surface area (Å²) in [7, 11) is 0. The lowest BCUT2D eigenvalue weighted by atomic mass is 9.89. The lowest BCUT2D eigenvalue weighted by Gasteiger charge is -2.32. The number of hydrogen-bond donors (Lipinski definition) is 2. The zero-order valence-corrected chi connectivity index (χ0v) is 12.4. The zero-order chi connectivity index (χ0) is 15.6. The van der Waals surface area contributed by atoms with Crippen LogP contribution in [0.5, 0.6) is 0 Å². The zero-order valence-electron chi connectivity index (χ0n) is 12.4. The highest BCUT2D eigenvalue weighted by molar-refractivity contribution is 5.84. The van der Waals surface area contributed by atoms with Crippen LogP contribution in [0.3, 0.4) is 0 Å². The third kappa shape index (κ3) is 3.28. The summed E-state index contributed by atoms with van der Waals surface area (Å²) in [4.78, 5) is 38.1. The van der Waals surface area contributed by atoms with Crippen molar-refractivity contribution in [1.82, 2.24) is 9.80 Å². The van der Waals surface area contributed by atoms with E-state index in [0.29, 0.717) is 13.0 Å². The predicted octanol–water partition coefficient (Wildman–Crippen LogP) is 0.633. The van der Waals surface area contributed by atoms with Crippen LogP contribution in [0.4, 0.5) is 4.79 Å². The van der Waals surface area contributed by atoms with Crippen molar-refractivity contribution in [3.63, 3.8) is 0 Å². The molecule has 1 saturated heterocycles. The van der Waals surface area contributed by atoms with E-state index in [2.05, 4.69) is 0 Å². The summed E-state index contributed by atoms with van der Waals surface area (Å²) in [6.45, 7) is 2.18. The van der Waals surface area contributed by atoms with Crippen molar-refractivity contribution >= 4 is 17.9 Å². The molecule has 2 rings (SSSR count). The number of urea groups is 1. The molecular weight excluding hydrogens is 274 g/mol. The molecule has 3 N–H and O–H groups in total. The molecule has 2 aliphatic rings. The largest absolute Gasteiger partial charge is 0.480 e. The van der Waals surface area contributed by atoms with Crippen molar-refractivity contribution in [3.05, 3.63) is 0 Å². The number of nitrogens with zero attached hydrogens (tertiary/aromatic N) is 2. The minimum absolute atomic E-state index is 0.00552. The van der Waals surface area contributed by atoms with Gasteiger partial charge in [-0.05, 0) is 26.2 Å². The SMILES string of the molecule is CC1(C(N)=O)CCN(C(=O)N(CC(=O)O)C2CCCC2)C1. The highest BCUT2D eigenvalue weighted by atomic mass is 16.4. The molecule has 0 radical (unpaired) electrons. The van der Waals surface area contributed by atoms with Gasteiger partial charge in [-0.25, -0.2) is 4.79 Å². The molecule has 3 amide bonds.